The zero-order valence-corrected chi connectivity index (χ0v) is 19.3. The summed E-state index contributed by atoms with van der Waals surface area (Å²) in [6.45, 7) is 0.353. The molecular weight excluding hydrogens is 460 g/mol. The maximum absolute atomic E-state index is 13.6. The Hall–Kier alpha value is -4.41. The molecule has 3 aromatic heterocycles. The minimum atomic E-state index is -1.81. The van der Waals surface area contributed by atoms with Crippen LogP contribution in [0.1, 0.15) is 15.9 Å². The average molecular weight is 485 g/mol. The molecule has 5 rings (SSSR count). The molecule has 10 heteroatoms. The first-order valence-corrected chi connectivity index (χ1v) is 11.4. The van der Waals surface area contributed by atoms with Crippen LogP contribution in [0, 0.1) is 0 Å². The monoisotopic (exact) mass is 484 g/mol. The lowest BCUT2D eigenvalue weighted by molar-refractivity contribution is -0.189. The number of ether oxygens (including phenoxy) is 2. The molecule has 182 valence electrons. The van der Waals surface area contributed by atoms with Gasteiger partial charge in [-0.1, -0.05) is 36.4 Å². The van der Waals surface area contributed by atoms with E-state index in [4.69, 9.17) is 15.2 Å². The van der Waals surface area contributed by atoms with Crippen LogP contribution in [0.25, 0.3) is 17.1 Å². The minimum absolute atomic E-state index is 0.177. The van der Waals surface area contributed by atoms with Gasteiger partial charge in [0, 0.05) is 30.4 Å². The van der Waals surface area contributed by atoms with Gasteiger partial charge in [0.15, 0.2) is 5.82 Å². The van der Waals surface area contributed by atoms with Gasteiger partial charge in [-0.15, -0.1) is 0 Å². The maximum atomic E-state index is 13.6. The van der Waals surface area contributed by atoms with Crippen molar-refractivity contribution in [2.45, 2.75) is 18.2 Å². The van der Waals surface area contributed by atoms with E-state index < -0.39 is 23.6 Å². The molecule has 1 unspecified atom stereocenters. The van der Waals surface area contributed by atoms with Crippen LogP contribution in [0.4, 0.5) is 0 Å². The number of carbonyl (C=O) groups excluding carboxylic acids is 2. The maximum Gasteiger partial charge on any atom is 0.280 e. The van der Waals surface area contributed by atoms with Gasteiger partial charge in [-0.05, 0) is 36.2 Å². The topological polar surface area (TPSA) is 134 Å². The number of benzene rings is 1. The normalized spacial score (nSPS) is 15.3. The molecule has 0 saturated carbocycles. The van der Waals surface area contributed by atoms with Crippen LogP contribution in [-0.4, -0.2) is 56.6 Å². The van der Waals surface area contributed by atoms with Crippen LogP contribution < -0.4 is 11.1 Å². The summed E-state index contributed by atoms with van der Waals surface area (Å²) in [4.78, 5) is 34.6. The Labute approximate surface area is 207 Å². The van der Waals surface area contributed by atoms with Crippen LogP contribution >= 0.6 is 0 Å². The van der Waals surface area contributed by atoms with Crippen molar-refractivity contribution in [1.29, 1.82) is 0 Å². The lowest BCUT2D eigenvalue weighted by Gasteiger charge is -2.33. The van der Waals surface area contributed by atoms with Gasteiger partial charge in [0.2, 0.25) is 0 Å². The smallest absolute Gasteiger partial charge is 0.280 e. The highest BCUT2D eigenvalue weighted by molar-refractivity contribution is 5.98. The zero-order chi connectivity index (χ0) is 25.0. The van der Waals surface area contributed by atoms with Gasteiger partial charge in [-0.2, -0.15) is 5.10 Å². The third-order valence-corrected chi connectivity index (χ3v) is 5.89. The summed E-state index contributed by atoms with van der Waals surface area (Å²) in [5, 5.41) is 7.50. The van der Waals surface area contributed by atoms with Crippen LogP contribution in [0.5, 0.6) is 0 Å². The highest BCUT2D eigenvalue weighted by Gasteiger charge is 2.51. The molecule has 0 aliphatic carbocycles. The van der Waals surface area contributed by atoms with Crippen molar-refractivity contribution in [2.75, 3.05) is 13.2 Å². The van der Waals surface area contributed by atoms with E-state index in [1.807, 2.05) is 42.5 Å². The molecular formula is C26H24N6O4. The minimum Gasteiger partial charge on any atom is -0.365 e. The summed E-state index contributed by atoms with van der Waals surface area (Å²) in [7, 11) is 0. The predicted octanol–water partition coefficient (Wildman–Crippen LogP) is 1.90. The number of hydrogen-bond acceptors (Lipinski definition) is 7. The first-order valence-electron chi connectivity index (χ1n) is 11.4. The second-order valence-corrected chi connectivity index (χ2v) is 8.21. The number of hydrogen-bond donors (Lipinski definition) is 2. The van der Waals surface area contributed by atoms with Gasteiger partial charge in [0.25, 0.3) is 17.6 Å². The van der Waals surface area contributed by atoms with Crippen molar-refractivity contribution in [3.8, 4) is 17.1 Å². The van der Waals surface area contributed by atoms with Crippen molar-refractivity contribution in [3.05, 3.63) is 96.6 Å². The highest BCUT2D eigenvalue weighted by Crippen LogP contribution is 2.27. The van der Waals surface area contributed by atoms with Crippen molar-refractivity contribution >= 4 is 11.8 Å². The first-order chi connectivity index (χ1) is 17.6. The Morgan fingerprint density at radius 3 is 2.53 bits per heavy atom. The number of pyridine rings is 2. The largest absolute Gasteiger partial charge is 0.365 e. The third kappa shape index (κ3) is 4.59. The predicted molar refractivity (Wildman–Crippen MR) is 130 cm³/mol. The van der Waals surface area contributed by atoms with Crippen molar-refractivity contribution < 1.29 is 19.1 Å². The third-order valence-electron chi connectivity index (χ3n) is 5.89. The van der Waals surface area contributed by atoms with Gasteiger partial charge >= 0.3 is 0 Å². The zero-order valence-electron chi connectivity index (χ0n) is 19.3. The van der Waals surface area contributed by atoms with E-state index in [1.54, 1.807) is 47.7 Å². The van der Waals surface area contributed by atoms with Crippen LogP contribution in [-0.2, 0) is 20.7 Å². The Bertz CT molecular complexity index is 1350. The molecule has 1 fully saturated rings. The van der Waals surface area contributed by atoms with Gasteiger partial charge in [-0.25, -0.2) is 9.67 Å². The number of nitrogens with two attached hydrogens (primary N) is 1. The lowest BCUT2D eigenvalue weighted by atomic mass is 9.98. The summed E-state index contributed by atoms with van der Waals surface area (Å²) in [5.74, 6) is -2.78. The van der Waals surface area contributed by atoms with E-state index in [-0.39, 0.29) is 25.2 Å². The Morgan fingerprint density at radius 1 is 1.03 bits per heavy atom. The Balaban J connectivity index is 1.46. The quantitative estimate of drug-likeness (QED) is 0.390. The molecule has 3 N–H and O–H groups in total. The number of rotatable bonds is 8. The SMILES string of the molecule is NC(=O)C1(C(Cc2cccnc2)NC(=O)c2cccnc2-n2ccc(-c3ccccc3)n2)OCCO1. The van der Waals surface area contributed by atoms with Crippen molar-refractivity contribution in [2.24, 2.45) is 5.73 Å². The molecule has 4 aromatic rings. The summed E-state index contributed by atoms with van der Waals surface area (Å²) in [5.41, 5.74) is 8.41. The van der Waals surface area contributed by atoms with E-state index >= 15 is 0 Å². The molecule has 10 nitrogen and oxygen atoms in total. The number of carbonyl (C=O) groups is 2. The van der Waals surface area contributed by atoms with Crippen molar-refractivity contribution in [3.63, 3.8) is 0 Å². The van der Waals surface area contributed by atoms with Gasteiger partial charge < -0.3 is 20.5 Å². The summed E-state index contributed by atoms with van der Waals surface area (Å²) in [6.07, 6.45) is 6.81. The molecule has 36 heavy (non-hydrogen) atoms. The molecule has 1 aliphatic heterocycles. The molecule has 2 amide bonds. The highest BCUT2D eigenvalue weighted by atomic mass is 16.7. The Kier molecular flexibility index (Phi) is 6.52. The number of nitrogens with zero attached hydrogens (tertiary/aromatic N) is 4. The fourth-order valence-electron chi connectivity index (χ4n) is 4.18. The molecule has 1 saturated heterocycles. The fraction of sp³-hybridized carbons (Fsp3) is 0.192. The van der Waals surface area contributed by atoms with E-state index in [1.165, 1.54) is 0 Å². The van der Waals surface area contributed by atoms with Crippen molar-refractivity contribution in [1.82, 2.24) is 25.1 Å². The fourth-order valence-corrected chi connectivity index (χ4v) is 4.18. The van der Waals surface area contributed by atoms with Gasteiger partial charge in [0.1, 0.15) is 0 Å². The van der Waals surface area contributed by atoms with Crippen LogP contribution in [0.15, 0.2) is 85.5 Å². The number of amides is 2. The Morgan fingerprint density at radius 2 is 1.81 bits per heavy atom. The number of nitrogens with one attached hydrogen (secondary N) is 1. The molecule has 1 aliphatic rings. The standard InChI is InChI=1S/C26H24N6O4/c27-25(34)26(35-14-15-36-26)22(16-18-6-4-11-28-17-18)30-24(33)20-9-5-12-29-23(20)32-13-10-21(31-32)19-7-2-1-3-8-19/h1-13,17,22H,14-16H2,(H2,27,34)(H,30,33). The summed E-state index contributed by atoms with van der Waals surface area (Å²) >= 11 is 0. The summed E-state index contributed by atoms with van der Waals surface area (Å²) in [6, 6.07) is 17.5. The second-order valence-electron chi connectivity index (χ2n) is 8.21. The van der Waals surface area contributed by atoms with E-state index in [0.29, 0.717) is 5.82 Å². The van der Waals surface area contributed by atoms with E-state index in [2.05, 4.69) is 20.4 Å². The lowest BCUT2D eigenvalue weighted by Crippen LogP contribution is -2.61. The number of primary amides is 1. The molecule has 0 spiro atoms. The van der Waals surface area contributed by atoms with Crippen LogP contribution in [0.3, 0.4) is 0 Å². The van der Waals surface area contributed by atoms with Gasteiger partial charge in [0.05, 0.1) is 30.5 Å². The average Bonchev–Trinajstić information content (AvgIpc) is 3.61. The van der Waals surface area contributed by atoms with Crippen LogP contribution in [0.2, 0.25) is 0 Å². The van der Waals surface area contributed by atoms with E-state index in [0.717, 1.165) is 16.8 Å². The summed E-state index contributed by atoms with van der Waals surface area (Å²) < 4.78 is 12.9. The van der Waals surface area contributed by atoms with Gasteiger partial charge in [-0.3, -0.25) is 14.6 Å². The molecule has 0 bridgehead atoms. The molecule has 1 aromatic carbocycles. The molecule has 1 atom stereocenters. The number of aromatic nitrogens is 4. The van der Waals surface area contributed by atoms with E-state index in [9.17, 15) is 9.59 Å². The first kappa shape index (κ1) is 23.3. The molecule has 0 radical (unpaired) electrons. The molecule has 4 heterocycles. The second kappa shape index (κ2) is 10.1.